The Morgan fingerprint density at radius 1 is 0.564 bits per heavy atom. The van der Waals surface area contributed by atoms with Crippen LogP contribution in [0.3, 0.4) is 0 Å². The van der Waals surface area contributed by atoms with Crippen molar-refractivity contribution in [1.82, 2.24) is 0 Å². The molecule has 4 heteroatoms. The number of para-hydroxylation sites is 2. The lowest BCUT2D eigenvalue weighted by molar-refractivity contribution is -0.551. The van der Waals surface area contributed by atoms with E-state index in [2.05, 4.69) is 185 Å². The third-order valence-electron chi connectivity index (χ3n) is 8.02. The number of thiazole rings is 1. The normalized spacial score (nSPS) is 10.4. The van der Waals surface area contributed by atoms with Gasteiger partial charge in [0.2, 0.25) is 11.6 Å². The highest BCUT2D eigenvalue weighted by atomic mass is 32.2. The number of hydrogen-bond acceptors (Lipinski definition) is 3. The SMILES string of the molecule is C#CC#CC#CC#CC#CC#CC#CC#CC#CC#CC#C[n+]1c(/C=C2\Sc3ccccc3N2CCCCCCCCCCCCCC)sc2ccccc21. The second-order valence-corrected chi connectivity index (χ2v) is 14.1. The van der Waals surface area contributed by atoms with Crippen LogP contribution in [0.2, 0.25) is 0 Å². The van der Waals surface area contributed by atoms with Crippen molar-refractivity contribution in [2.45, 2.75) is 88.9 Å². The van der Waals surface area contributed by atoms with Crippen molar-refractivity contribution in [3.8, 4) is 131 Å². The topological polar surface area (TPSA) is 7.12 Å². The van der Waals surface area contributed by atoms with Crippen LogP contribution in [0.15, 0.2) is 58.5 Å². The Balaban J connectivity index is 1.35. The molecule has 0 saturated carbocycles. The van der Waals surface area contributed by atoms with Gasteiger partial charge in [-0.2, -0.15) is 0 Å². The Bertz CT molecular complexity index is 2550. The monoisotopic (exact) mass is 743 g/mol. The van der Waals surface area contributed by atoms with E-state index in [9.17, 15) is 0 Å². The number of unbranched alkanes of at least 4 members (excludes halogenated alkanes) is 11. The van der Waals surface area contributed by atoms with Crippen LogP contribution < -0.4 is 9.47 Å². The van der Waals surface area contributed by atoms with Crippen molar-refractivity contribution in [3.05, 3.63) is 58.6 Å². The number of anilines is 1. The van der Waals surface area contributed by atoms with E-state index in [0.717, 1.165) is 17.1 Å². The first-order chi connectivity index (χ1) is 27.3. The fraction of sp³-hybridized carbons (Fsp3) is 0.275. The molecular formula is C51H39N2S2+. The van der Waals surface area contributed by atoms with E-state index in [-0.39, 0.29) is 0 Å². The third kappa shape index (κ3) is 15.5. The van der Waals surface area contributed by atoms with Gasteiger partial charge in [-0.1, -0.05) is 129 Å². The van der Waals surface area contributed by atoms with Gasteiger partial charge in [-0.3, -0.25) is 0 Å². The molecule has 4 rings (SSSR count). The molecule has 0 amide bonds. The minimum atomic E-state index is 1.00. The second-order valence-electron chi connectivity index (χ2n) is 12.0. The summed E-state index contributed by atoms with van der Waals surface area (Å²) >= 11 is 3.56. The molecule has 3 aromatic rings. The molecule has 55 heavy (non-hydrogen) atoms. The van der Waals surface area contributed by atoms with Gasteiger partial charge in [0, 0.05) is 82.6 Å². The first-order valence-electron chi connectivity index (χ1n) is 18.5. The van der Waals surface area contributed by atoms with Crippen LogP contribution in [0, 0.1) is 131 Å². The number of aromatic nitrogens is 1. The minimum Gasteiger partial charge on any atom is -0.335 e. The van der Waals surface area contributed by atoms with E-state index in [1.807, 2.05) is 22.4 Å². The zero-order valence-corrected chi connectivity index (χ0v) is 32.8. The van der Waals surface area contributed by atoms with Gasteiger partial charge in [0.1, 0.15) is 4.70 Å². The van der Waals surface area contributed by atoms with Crippen LogP contribution in [-0.4, -0.2) is 6.54 Å². The molecule has 0 bridgehead atoms. The van der Waals surface area contributed by atoms with Crippen molar-refractivity contribution in [2.24, 2.45) is 0 Å². The summed E-state index contributed by atoms with van der Waals surface area (Å²) < 4.78 is 3.19. The number of hydrogen-bond donors (Lipinski definition) is 0. The Morgan fingerprint density at radius 3 is 1.60 bits per heavy atom. The van der Waals surface area contributed by atoms with Gasteiger partial charge in [-0.25, -0.2) is 0 Å². The molecule has 0 saturated heterocycles. The molecular weight excluding hydrogens is 705 g/mol. The van der Waals surface area contributed by atoms with Crippen LogP contribution in [0.5, 0.6) is 0 Å². The lowest BCUT2D eigenvalue weighted by Crippen LogP contribution is -2.30. The average Bonchev–Trinajstić information content (AvgIpc) is 3.74. The van der Waals surface area contributed by atoms with Gasteiger partial charge in [-0.15, -0.1) is 6.42 Å². The molecule has 1 aliphatic heterocycles. The standard InChI is InChI=1S/C51H39N2S2/c1-3-5-7-9-11-13-15-17-18-19-20-21-22-23-24-26-28-30-32-38-44-53-47-40-34-36-42-49(47)55-51(53)45-50-52(46-39-33-35-41-48(46)54-50)43-37-31-29-27-25-16-14-12-10-8-6-4-2/h1,33-36,39-42,45H,4,6,8,10,12,14,16,25,27,29,31,37,43H2,2H3/q+1. The van der Waals surface area contributed by atoms with Gasteiger partial charge in [0.25, 0.3) is 5.01 Å². The highest BCUT2D eigenvalue weighted by Gasteiger charge is 2.27. The van der Waals surface area contributed by atoms with Gasteiger partial charge >= 0.3 is 0 Å². The number of nitrogens with zero attached hydrogens (tertiary/aromatic N) is 2. The summed E-state index contributed by atoms with van der Waals surface area (Å²) in [5.74, 6) is 51.6. The largest absolute Gasteiger partial charge is 0.335 e. The van der Waals surface area contributed by atoms with Crippen molar-refractivity contribution >= 4 is 45.1 Å². The van der Waals surface area contributed by atoms with E-state index in [1.54, 1.807) is 11.3 Å². The zero-order valence-electron chi connectivity index (χ0n) is 31.2. The molecule has 0 fully saturated rings. The maximum Gasteiger partial charge on any atom is 0.280 e. The van der Waals surface area contributed by atoms with Crippen molar-refractivity contribution in [2.75, 3.05) is 11.4 Å². The highest BCUT2D eigenvalue weighted by molar-refractivity contribution is 8.03. The van der Waals surface area contributed by atoms with E-state index in [4.69, 9.17) is 6.42 Å². The molecule has 264 valence electrons. The summed E-state index contributed by atoms with van der Waals surface area (Å²) in [7, 11) is 0. The van der Waals surface area contributed by atoms with E-state index < -0.39 is 0 Å². The number of benzene rings is 2. The van der Waals surface area contributed by atoms with Gasteiger partial charge in [0.05, 0.1) is 22.7 Å². The molecule has 2 nitrogen and oxygen atoms in total. The van der Waals surface area contributed by atoms with Gasteiger partial charge in [-0.05, 0) is 72.0 Å². The van der Waals surface area contributed by atoms with Crippen LogP contribution in [0.1, 0.15) is 89.0 Å². The van der Waals surface area contributed by atoms with Crippen molar-refractivity contribution in [1.29, 1.82) is 0 Å². The average molecular weight is 744 g/mol. The minimum absolute atomic E-state index is 1.00. The molecule has 0 N–H and O–H groups in total. The Labute approximate surface area is 337 Å². The molecule has 0 spiro atoms. The molecule has 2 aromatic carbocycles. The molecule has 0 radical (unpaired) electrons. The summed E-state index contributed by atoms with van der Waals surface area (Å²) in [6, 6.07) is 20.3. The molecule has 0 aliphatic carbocycles. The lowest BCUT2D eigenvalue weighted by Gasteiger charge is -2.20. The summed E-state index contributed by atoms with van der Waals surface area (Å²) in [5.41, 5.74) is 2.34. The summed E-state index contributed by atoms with van der Waals surface area (Å²) in [6.07, 6.45) is 23.4. The Kier molecular flexibility index (Phi) is 19.6. The number of rotatable bonds is 14. The van der Waals surface area contributed by atoms with Gasteiger partial charge in [0.15, 0.2) is 0 Å². The maximum absolute atomic E-state index is 4.99. The maximum atomic E-state index is 4.99. The van der Waals surface area contributed by atoms with E-state index in [1.165, 1.54) is 97.4 Å². The fourth-order valence-electron chi connectivity index (χ4n) is 5.47. The summed E-state index contributed by atoms with van der Waals surface area (Å²) in [5, 5.41) is 2.28. The highest BCUT2D eigenvalue weighted by Crippen LogP contribution is 2.46. The number of fused-ring (bicyclic) bond motifs is 2. The lowest BCUT2D eigenvalue weighted by atomic mass is 10.1. The Hall–Kier alpha value is -6.62. The van der Waals surface area contributed by atoms with Crippen molar-refractivity contribution in [3.63, 3.8) is 0 Å². The fourth-order valence-corrected chi connectivity index (χ4v) is 7.71. The summed E-state index contributed by atoms with van der Waals surface area (Å²) in [4.78, 5) is 3.77. The molecule has 1 aliphatic rings. The predicted molar refractivity (Wildman–Crippen MR) is 233 cm³/mol. The van der Waals surface area contributed by atoms with Crippen LogP contribution in [0.4, 0.5) is 5.69 Å². The Morgan fingerprint density at radius 2 is 1.04 bits per heavy atom. The van der Waals surface area contributed by atoms with Crippen LogP contribution in [-0.2, 0) is 0 Å². The first kappa shape index (κ1) is 41.1. The van der Waals surface area contributed by atoms with Crippen LogP contribution in [0.25, 0.3) is 16.3 Å². The summed E-state index contributed by atoms with van der Waals surface area (Å²) in [6.45, 7) is 3.28. The smallest absolute Gasteiger partial charge is 0.280 e. The zero-order chi connectivity index (χ0) is 38.4. The molecule has 2 heterocycles. The number of terminal acetylenes is 1. The predicted octanol–water partition coefficient (Wildman–Crippen LogP) is 9.27. The second kappa shape index (κ2) is 26.2. The first-order valence-corrected chi connectivity index (χ1v) is 20.1. The van der Waals surface area contributed by atoms with Crippen molar-refractivity contribution < 1.29 is 4.57 Å². The third-order valence-corrected chi connectivity index (χ3v) is 10.2. The van der Waals surface area contributed by atoms with E-state index >= 15 is 0 Å². The molecule has 1 aromatic heterocycles. The van der Waals surface area contributed by atoms with E-state index in [0.29, 0.717) is 0 Å². The molecule has 0 unspecified atom stereocenters. The van der Waals surface area contributed by atoms with Gasteiger partial charge < -0.3 is 4.90 Å². The van der Waals surface area contributed by atoms with Crippen LogP contribution >= 0.6 is 23.1 Å². The number of thioether (sulfide) groups is 1. The molecule has 0 atom stereocenters. The quantitative estimate of drug-likeness (QED) is 0.0924.